The summed E-state index contributed by atoms with van der Waals surface area (Å²) < 4.78 is 0. The van der Waals surface area contributed by atoms with Crippen molar-refractivity contribution in [2.45, 2.75) is 65.5 Å². The smallest absolute Gasteiger partial charge is 0.234 e. The van der Waals surface area contributed by atoms with Crippen LogP contribution >= 0.6 is 0 Å². The van der Waals surface area contributed by atoms with Gasteiger partial charge in [0.05, 0.1) is 6.54 Å². The van der Waals surface area contributed by atoms with Crippen molar-refractivity contribution in [3.8, 4) is 0 Å². The fourth-order valence-electron chi connectivity index (χ4n) is 2.05. The molecule has 0 saturated heterocycles. The Balaban J connectivity index is 4.44. The van der Waals surface area contributed by atoms with Gasteiger partial charge in [-0.2, -0.15) is 0 Å². The fourth-order valence-corrected chi connectivity index (χ4v) is 2.05. The van der Waals surface area contributed by atoms with Crippen LogP contribution in [0.5, 0.6) is 0 Å². The standard InChI is InChI=1S/C14H31N3O/c1-6-12(7-2)17(10-9-15)11-13(18)16-14(4,5)8-3/h12H,6-11,15H2,1-5H3,(H,16,18). The maximum Gasteiger partial charge on any atom is 0.234 e. The van der Waals surface area contributed by atoms with Gasteiger partial charge in [-0.05, 0) is 33.1 Å². The SMILES string of the molecule is CCC(CC)N(CCN)CC(=O)NC(C)(C)CC. The number of carbonyl (C=O) groups is 1. The highest BCUT2D eigenvalue weighted by Gasteiger charge is 2.22. The number of rotatable bonds is 9. The van der Waals surface area contributed by atoms with Crippen LogP contribution < -0.4 is 11.1 Å². The monoisotopic (exact) mass is 257 g/mol. The Kier molecular flexibility index (Phi) is 8.20. The number of carbonyl (C=O) groups excluding carboxylic acids is 1. The lowest BCUT2D eigenvalue weighted by molar-refractivity contribution is -0.124. The van der Waals surface area contributed by atoms with E-state index in [2.05, 4.69) is 44.8 Å². The molecule has 0 saturated carbocycles. The molecule has 108 valence electrons. The average molecular weight is 257 g/mol. The van der Waals surface area contributed by atoms with Crippen LogP contribution in [0, 0.1) is 0 Å². The molecule has 0 aliphatic rings. The molecule has 0 spiro atoms. The Bertz CT molecular complexity index is 237. The normalized spacial score (nSPS) is 12.2. The van der Waals surface area contributed by atoms with Gasteiger partial charge in [-0.15, -0.1) is 0 Å². The van der Waals surface area contributed by atoms with E-state index in [-0.39, 0.29) is 11.4 Å². The number of hydrogen-bond donors (Lipinski definition) is 2. The van der Waals surface area contributed by atoms with Crippen molar-refractivity contribution in [2.75, 3.05) is 19.6 Å². The van der Waals surface area contributed by atoms with Crippen LogP contribution in [-0.2, 0) is 4.79 Å². The number of hydrogen-bond acceptors (Lipinski definition) is 3. The number of amides is 1. The predicted molar refractivity (Wildman–Crippen MR) is 77.5 cm³/mol. The molecular weight excluding hydrogens is 226 g/mol. The van der Waals surface area contributed by atoms with E-state index in [4.69, 9.17) is 5.73 Å². The summed E-state index contributed by atoms with van der Waals surface area (Å²) in [6.45, 7) is 12.3. The zero-order valence-electron chi connectivity index (χ0n) is 12.8. The van der Waals surface area contributed by atoms with Crippen molar-refractivity contribution >= 4 is 5.91 Å². The molecule has 0 aromatic rings. The Morgan fingerprint density at radius 3 is 2.22 bits per heavy atom. The zero-order valence-corrected chi connectivity index (χ0v) is 12.8. The second kappa shape index (κ2) is 8.48. The third kappa shape index (κ3) is 6.36. The van der Waals surface area contributed by atoms with Crippen molar-refractivity contribution in [1.29, 1.82) is 0 Å². The van der Waals surface area contributed by atoms with Gasteiger partial charge in [-0.1, -0.05) is 20.8 Å². The molecule has 0 fully saturated rings. The molecule has 0 aliphatic carbocycles. The van der Waals surface area contributed by atoms with Crippen molar-refractivity contribution in [3.63, 3.8) is 0 Å². The molecule has 0 radical (unpaired) electrons. The minimum Gasteiger partial charge on any atom is -0.350 e. The topological polar surface area (TPSA) is 58.4 Å². The maximum atomic E-state index is 12.0. The Hall–Kier alpha value is -0.610. The van der Waals surface area contributed by atoms with Crippen LogP contribution in [0.3, 0.4) is 0 Å². The Morgan fingerprint density at radius 2 is 1.83 bits per heavy atom. The van der Waals surface area contributed by atoms with Crippen molar-refractivity contribution < 1.29 is 4.79 Å². The summed E-state index contributed by atoms with van der Waals surface area (Å²) in [6.07, 6.45) is 3.04. The van der Waals surface area contributed by atoms with Gasteiger partial charge in [0.15, 0.2) is 0 Å². The maximum absolute atomic E-state index is 12.0. The predicted octanol–water partition coefficient (Wildman–Crippen LogP) is 1.74. The summed E-state index contributed by atoms with van der Waals surface area (Å²) in [5.41, 5.74) is 5.51. The van der Waals surface area contributed by atoms with Crippen LogP contribution in [0.25, 0.3) is 0 Å². The highest BCUT2D eigenvalue weighted by Crippen LogP contribution is 2.10. The summed E-state index contributed by atoms with van der Waals surface area (Å²) in [4.78, 5) is 14.2. The van der Waals surface area contributed by atoms with Gasteiger partial charge in [0, 0.05) is 24.7 Å². The second-order valence-electron chi connectivity index (χ2n) is 5.52. The van der Waals surface area contributed by atoms with Crippen molar-refractivity contribution in [1.82, 2.24) is 10.2 Å². The van der Waals surface area contributed by atoms with Crippen LogP contribution in [0.2, 0.25) is 0 Å². The minimum absolute atomic E-state index is 0.0993. The lowest BCUT2D eigenvalue weighted by Gasteiger charge is -2.31. The molecule has 0 unspecified atom stereocenters. The summed E-state index contributed by atoms with van der Waals surface area (Å²) >= 11 is 0. The highest BCUT2D eigenvalue weighted by molar-refractivity contribution is 5.78. The van der Waals surface area contributed by atoms with Gasteiger partial charge in [-0.3, -0.25) is 9.69 Å². The molecule has 0 atom stereocenters. The van der Waals surface area contributed by atoms with E-state index in [0.29, 0.717) is 19.1 Å². The summed E-state index contributed by atoms with van der Waals surface area (Å²) in [5.74, 6) is 0.0993. The van der Waals surface area contributed by atoms with Gasteiger partial charge >= 0.3 is 0 Å². The molecule has 0 heterocycles. The van der Waals surface area contributed by atoms with Crippen molar-refractivity contribution in [2.24, 2.45) is 5.73 Å². The summed E-state index contributed by atoms with van der Waals surface area (Å²) in [5, 5.41) is 3.08. The summed E-state index contributed by atoms with van der Waals surface area (Å²) in [6, 6.07) is 0.448. The van der Waals surface area contributed by atoms with Crippen LogP contribution in [0.1, 0.15) is 53.9 Å². The van der Waals surface area contributed by atoms with E-state index in [1.54, 1.807) is 0 Å². The minimum atomic E-state index is -0.126. The van der Waals surface area contributed by atoms with E-state index in [9.17, 15) is 4.79 Å². The second-order valence-corrected chi connectivity index (χ2v) is 5.52. The van der Waals surface area contributed by atoms with Gasteiger partial charge in [0.1, 0.15) is 0 Å². The lowest BCUT2D eigenvalue weighted by Crippen LogP contribution is -2.50. The first-order chi connectivity index (χ1) is 8.40. The van der Waals surface area contributed by atoms with Crippen LogP contribution in [0.4, 0.5) is 0 Å². The largest absolute Gasteiger partial charge is 0.350 e. The molecule has 0 rings (SSSR count). The number of nitrogens with two attached hydrogens (primary N) is 1. The molecule has 4 nitrogen and oxygen atoms in total. The van der Waals surface area contributed by atoms with Gasteiger partial charge in [-0.25, -0.2) is 0 Å². The first-order valence-corrected chi connectivity index (χ1v) is 7.15. The van der Waals surface area contributed by atoms with E-state index < -0.39 is 0 Å². The molecule has 0 bridgehead atoms. The average Bonchev–Trinajstić information content (AvgIpc) is 2.30. The molecule has 0 aromatic heterocycles. The van der Waals surface area contributed by atoms with Gasteiger partial charge in [0.2, 0.25) is 5.91 Å². The molecule has 18 heavy (non-hydrogen) atoms. The third-order valence-electron chi connectivity index (χ3n) is 3.58. The van der Waals surface area contributed by atoms with E-state index in [1.807, 2.05) is 0 Å². The molecule has 1 amide bonds. The quantitative estimate of drug-likeness (QED) is 0.661. The van der Waals surface area contributed by atoms with Gasteiger partial charge in [0.25, 0.3) is 0 Å². The first kappa shape index (κ1) is 17.4. The van der Waals surface area contributed by atoms with Crippen LogP contribution in [0.15, 0.2) is 0 Å². The van der Waals surface area contributed by atoms with E-state index in [0.717, 1.165) is 25.8 Å². The Labute approximate surface area is 112 Å². The van der Waals surface area contributed by atoms with Crippen molar-refractivity contribution in [3.05, 3.63) is 0 Å². The molecular formula is C14H31N3O. The van der Waals surface area contributed by atoms with E-state index in [1.165, 1.54) is 0 Å². The molecule has 0 aromatic carbocycles. The van der Waals surface area contributed by atoms with E-state index >= 15 is 0 Å². The third-order valence-corrected chi connectivity index (χ3v) is 3.58. The van der Waals surface area contributed by atoms with Gasteiger partial charge < -0.3 is 11.1 Å². The number of nitrogens with one attached hydrogen (secondary N) is 1. The summed E-state index contributed by atoms with van der Waals surface area (Å²) in [7, 11) is 0. The number of nitrogens with zero attached hydrogens (tertiary/aromatic N) is 1. The fraction of sp³-hybridized carbons (Fsp3) is 0.929. The zero-order chi connectivity index (χ0) is 14.2. The lowest BCUT2D eigenvalue weighted by atomic mass is 10.0. The Morgan fingerprint density at radius 1 is 1.28 bits per heavy atom. The van der Waals surface area contributed by atoms with Crippen LogP contribution in [-0.4, -0.2) is 42.0 Å². The highest BCUT2D eigenvalue weighted by atomic mass is 16.2. The molecule has 4 heteroatoms. The first-order valence-electron chi connectivity index (χ1n) is 7.15. The molecule has 0 aliphatic heterocycles. The molecule has 3 N–H and O–H groups in total.